The number of carbonyl (C=O) groups excluding carboxylic acids is 2. The summed E-state index contributed by atoms with van der Waals surface area (Å²) < 4.78 is 17.6. The molecule has 5 fully saturated rings. The second kappa shape index (κ2) is 12.1. The molecule has 0 aromatic carbocycles. The Morgan fingerprint density at radius 1 is 0.976 bits per heavy atom. The molecule has 1 aliphatic heterocycles. The Kier molecular flexibility index (Phi) is 9.23. The van der Waals surface area contributed by atoms with Gasteiger partial charge in [0.2, 0.25) is 5.91 Å². The lowest BCUT2D eigenvalue weighted by atomic mass is 9.44. The van der Waals surface area contributed by atoms with Gasteiger partial charge in [0.1, 0.15) is 6.04 Å². The van der Waals surface area contributed by atoms with Gasteiger partial charge in [0.25, 0.3) is 0 Å². The molecule has 0 aromatic heterocycles. The summed E-state index contributed by atoms with van der Waals surface area (Å²) in [6, 6.07) is -0.574. The lowest BCUT2D eigenvalue weighted by Crippen LogP contribution is -2.54. The second-order valence-corrected chi connectivity index (χ2v) is 15.9. The molecule has 4 saturated carbocycles. The van der Waals surface area contributed by atoms with Gasteiger partial charge in [-0.25, -0.2) is 4.79 Å². The molecule has 0 bridgehead atoms. The minimum Gasteiger partial charge on any atom is -0.467 e. The molecule has 1 N–H and O–H groups in total. The fourth-order valence-corrected chi connectivity index (χ4v) is 11.1. The van der Waals surface area contributed by atoms with Crippen LogP contribution in [0.1, 0.15) is 112 Å². The van der Waals surface area contributed by atoms with E-state index in [1.54, 1.807) is 0 Å². The highest BCUT2D eigenvalue weighted by atomic mass is 16.5. The molecule has 1 heterocycles. The van der Waals surface area contributed by atoms with Crippen LogP contribution in [-0.4, -0.2) is 50.4 Å². The Hall–Kier alpha value is -1.14. The largest absolute Gasteiger partial charge is 0.467 e. The Morgan fingerprint density at radius 2 is 1.71 bits per heavy atom. The van der Waals surface area contributed by atoms with Gasteiger partial charge in [-0.2, -0.15) is 0 Å². The van der Waals surface area contributed by atoms with Gasteiger partial charge in [0.05, 0.1) is 25.4 Å². The minimum absolute atomic E-state index is 0.0547. The van der Waals surface area contributed by atoms with E-state index < -0.39 is 6.04 Å². The monoisotopic (exact) mass is 573 g/mol. The van der Waals surface area contributed by atoms with Crippen molar-refractivity contribution >= 4 is 11.9 Å². The van der Waals surface area contributed by atoms with Gasteiger partial charge in [-0.05, 0) is 123 Å². The standard InChI is InChI=1S/C35H59NO5/c1-20(2)17-28(33(38)40-8)36-32(37)21(3)9-12-29-22(4)31-30(41-29)19-27-25-11-10-23-18-24(39-7)13-15-34(23,5)26(25)14-16-35(27,31)6/h20-31H,9-19H2,1-8H3,(H,36,37)/t21-,22+,23+,24-,25+,26-,27-,28?,29+,30-,31-,34-,35-/m0/s1. The SMILES string of the molecule is COC(=O)C(CC(C)C)NC(=O)[C@@H](C)CC[C@H]1O[C@H]2C[C@H]3[C@@H]4CC[C@@H]5C[C@@H](OC)CC[C@]5(C)[C@H]4CC[C@]3(C)[C@H]2[C@@H]1C. The van der Waals surface area contributed by atoms with Gasteiger partial charge in [-0.3, -0.25) is 4.79 Å². The zero-order chi connectivity index (χ0) is 29.7. The predicted octanol–water partition coefficient (Wildman–Crippen LogP) is 6.79. The quantitative estimate of drug-likeness (QED) is 0.307. The molecule has 0 aromatic rings. The summed E-state index contributed by atoms with van der Waals surface area (Å²) in [4.78, 5) is 25.2. The molecule has 41 heavy (non-hydrogen) atoms. The average molecular weight is 574 g/mol. The molecule has 1 unspecified atom stereocenters. The van der Waals surface area contributed by atoms with Crippen molar-refractivity contribution in [2.75, 3.05) is 14.2 Å². The lowest BCUT2D eigenvalue weighted by molar-refractivity contribution is -0.146. The summed E-state index contributed by atoms with van der Waals surface area (Å²) in [7, 11) is 3.29. The van der Waals surface area contributed by atoms with Crippen molar-refractivity contribution in [1.82, 2.24) is 5.32 Å². The van der Waals surface area contributed by atoms with Gasteiger partial charge in [0.15, 0.2) is 0 Å². The molecular weight excluding hydrogens is 514 g/mol. The normalized spacial score (nSPS) is 44.8. The van der Waals surface area contributed by atoms with E-state index >= 15 is 0 Å². The van der Waals surface area contributed by atoms with E-state index in [-0.39, 0.29) is 23.9 Å². The fourth-order valence-electron chi connectivity index (χ4n) is 11.1. The molecular formula is C35H59NO5. The van der Waals surface area contributed by atoms with E-state index in [4.69, 9.17) is 14.2 Å². The highest BCUT2D eigenvalue weighted by Crippen LogP contribution is 2.70. The third-order valence-electron chi connectivity index (χ3n) is 13.4. The van der Waals surface area contributed by atoms with Crippen LogP contribution in [0, 0.1) is 58.2 Å². The number of fused-ring (bicyclic) bond motifs is 7. The van der Waals surface area contributed by atoms with Gasteiger partial charge < -0.3 is 19.5 Å². The van der Waals surface area contributed by atoms with Crippen LogP contribution < -0.4 is 5.32 Å². The van der Waals surface area contributed by atoms with Crippen molar-refractivity contribution in [3.63, 3.8) is 0 Å². The highest BCUT2D eigenvalue weighted by molar-refractivity contribution is 5.85. The van der Waals surface area contributed by atoms with Gasteiger partial charge in [-0.1, -0.05) is 41.5 Å². The first-order valence-electron chi connectivity index (χ1n) is 17.0. The van der Waals surface area contributed by atoms with E-state index in [2.05, 4.69) is 39.9 Å². The Morgan fingerprint density at radius 3 is 2.39 bits per heavy atom. The molecule has 0 radical (unpaired) electrons. The van der Waals surface area contributed by atoms with Crippen LogP contribution in [0.2, 0.25) is 0 Å². The third kappa shape index (κ3) is 5.63. The first-order chi connectivity index (χ1) is 19.4. The average Bonchev–Trinajstić information content (AvgIpc) is 3.42. The smallest absolute Gasteiger partial charge is 0.328 e. The van der Waals surface area contributed by atoms with Crippen LogP contribution in [0.25, 0.3) is 0 Å². The molecule has 5 aliphatic rings. The van der Waals surface area contributed by atoms with Crippen LogP contribution in [0.3, 0.4) is 0 Å². The zero-order valence-electron chi connectivity index (χ0n) is 27.2. The molecule has 5 rings (SSSR count). The summed E-state index contributed by atoms with van der Waals surface area (Å²) >= 11 is 0. The van der Waals surface area contributed by atoms with Crippen molar-refractivity contribution in [2.45, 2.75) is 137 Å². The molecule has 6 nitrogen and oxygen atoms in total. The summed E-state index contributed by atoms with van der Waals surface area (Å²) in [5.74, 6) is 4.22. The van der Waals surface area contributed by atoms with Crippen molar-refractivity contribution in [2.24, 2.45) is 58.2 Å². The van der Waals surface area contributed by atoms with E-state index in [1.165, 1.54) is 58.5 Å². The first kappa shape index (κ1) is 31.3. The minimum atomic E-state index is -0.574. The number of nitrogens with one attached hydrogen (secondary N) is 1. The van der Waals surface area contributed by atoms with Gasteiger partial charge >= 0.3 is 5.97 Å². The number of amides is 1. The molecule has 1 saturated heterocycles. The molecule has 13 atom stereocenters. The summed E-state index contributed by atoms with van der Waals surface area (Å²) in [5.41, 5.74) is 0.866. The van der Waals surface area contributed by atoms with Crippen molar-refractivity contribution in [3.8, 4) is 0 Å². The summed E-state index contributed by atoms with van der Waals surface area (Å²) in [5, 5.41) is 2.96. The van der Waals surface area contributed by atoms with Crippen LogP contribution in [0.4, 0.5) is 0 Å². The zero-order valence-corrected chi connectivity index (χ0v) is 27.2. The molecule has 1 amide bonds. The van der Waals surface area contributed by atoms with Gasteiger partial charge in [0, 0.05) is 13.0 Å². The highest BCUT2D eigenvalue weighted by Gasteiger charge is 2.65. The van der Waals surface area contributed by atoms with E-state index in [0.717, 1.165) is 36.5 Å². The summed E-state index contributed by atoms with van der Waals surface area (Å²) in [6.07, 6.45) is 13.9. The molecule has 0 spiro atoms. The third-order valence-corrected chi connectivity index (χ3v) is 13.4. The lowest BCUT2D eigenvalue weighted by Gasteiger charge is -2.61. The second-order valence-electron chi connectivity index (χ2n) is 15.9. The van der Waals surface area contributed by atoms with Crippen LogP contribution in [0.5, 0.6) is 0 Å². The molecule has 6 heteroatoms. The number of ether oxygens (including phenoxy) is 3. The van der Waals surface area contributed by atoms with Crippen molar-refractivity contribution < 1.29 is 23.8 Å². The number of hydrogen-bond acceptors (Lipinski definition) is 5. The van der Waals surface area contributed by atoms with Crippen LogP contribution >= 0.6 is 0 Å². The fraction of sp³-hybridized carbons (Fsp3) is 0.943. The number of methoxy groups -OCH3 is 2. The summed E-state index contributed by atoms with van der Waals surface area (Å²) in [6.45, 7) is 13.8. The number of carbonyl (C=O) groups is 2. The maximum absolute atomic E-state index is 13.0. The predicted molar refractivity (Wildman–Crippen MR) is 161 cm³/mol. The first-order valence-corrected chi connectivity index (χ1v) is 17.0. The van der Waals surface area contributed by atoms with E-state index in [1.807, 2.05) is 14.0 Å². The number of rotatable bonds is 9. The molecule has 234 valence electrons. The maximum Gasteiger partial charge on any atom is 0.328 e. The topological polar surface area (TPSA) is 73.9 Å². The molecule has 4 aliphatic carbocycles. The maximum atomic E-state index is 13.0. The van der Waals surface area contributed by atoms with Gasteiger partial charge in [-0.15, -0.1) is 0 Å². The van der Waals surface area contributed by atoms with Crippen LogP contribution in [-0.2, 0) is 23.8 Å². The Labute approximate surface area is 249 Å². The van der Waals surface area contributed by atoms with E-state index in [9.17, 15) is 9.59 Å². The number of esters is 1. The number of hydrogen-bond donors (Lipinski definition) is 1. The van der Waals surface area contributed by atoms with Crippen LogP contribution in [0.15, 0.2) is 0 Å². The van der Waals surface area contributed by atoms with Crippen molar-refractivity contribution in [1.29, 1.82) is 0 Å². The van der Waals surface area contributed by atoms with Crippen molar-refractivity contribution in [3.05, 3.63) is 0 Å². The Balaban J connectivity index is 1.18. The van der Waals surface area contributed by atoms with E-state index in [0.29, 0.717) is 47.2 Å². The Bertz CT molecular complexity index is 953.